The van der Waals surface area contributed by atoms with Crippen molar-refractivity contribution in [2.75, 3.05) is 0 Å². The number of rotatable bonds is 1. The average Bonchev–Trinajstić information content (AvgIpc) is 2.75. The van der Waals surface area contributed by atoms with Crippen LogP contribution in [0.5, 0.6) is 0 Å². The third kappa shape index (κ3) is 1.87. The van der Waals surface area contributed by atoms with E-state index < -0.39 is 0 Å². The maximum atomic E-state index is 13.7. The first-order valence-corrected chi connectivity index (χ1v) is 6.57. The molecule has 1 heterocycles. The Morgan fingerprint density at radius 1 is 1.35 bits per heavy atom. The fourth-order valence-corrected chi connectivity index (χ4v) is 3.40. The van der Waals surface area contributed by atoms with Gasteiger partial charge in [-0.3, -0.25) is 0 Å². The Bertz CT molecular complexity index is 550. The van der Waals surface area contributed by atoms with Crippen LogP contribution in [0.4, 0.5) is 4.39 Å². The predicted molar refractivity (Wildman–Crippen MR) is 67.4 cm³/mol. The van der Waals surface area contributed by atoms with E-state index in [1.807, 2.05) is 6.07 Å². The minimum absolute atomic E-state index is 0.0236. The van der Waals surface area contributed by atoms with Gasteiger partial charge in [-0.15, -0.1) is 11.3 Å². The second kappa shape index (κ2) is 4.20. The fourth-order valence-electron chi connectivity index (χ4n) is 2.20. The highest BCUT2D eigenvalue weighted by atomic mass is 32.1. The third-order valence-electron chi connectivity index (χ3n) is 3.10. The normalized spacial score (nSPS) is 19.1. The van der Waals surface area contributed by atoms with Crippen LogP contribution in [-0.2, 0) is 6.42 Å². The van der Waals surface area contributed by atoms with Gasteiger partial charge in [-0.25, -0.2) is 9.37 Å². The summed E-state index contributed by atoms with van der Waals surface area (Å²) in [6, 6.07) is 6.79. The number of nitrogens with zero attached hydrogens (tertiary/aromatic N) is 1. The van der Waals surface area contributed by atoms with Crippen LogP contribution < -0.4 is 5.73 Å². The zero-order valence-corrected chi connectivity index (χ0v) is 10.1. The lowest BCUT2D eigenvalue weighted by molar-refractivity contribution is 0.564. The van der Waals surface area contributed by atoms with Crippen molar-refractivity contribution in [2.45, 2.75) is 25.3 Å². The van der Waals surface area contributed by atoms with E-state index >= 15 is 0 Å². The maximum absolute atomic E-state index is 13.7. The molecular weight excluding hydrogens is 235 g/mol. The summed E-state index contributed by atoms with van der Waals surface area (Å²) >= 11 is 1.58. The number of hydrogen-bond donors (Lipinski definition) is 1. The van der Waals surface area contributed by atoms with Crippen LogP contribution in [0.2, 0.25) is 0 Å². The van der Waals surface area contributed by atoms with Crippen LogP contribution in [0.1, 0.15) is 29.5 Å². The number of benzene rings is 1. The first-order chi connectivity index (χ1) is 8.25. The van der Waals surface area contributed by atoms with Crippen LogP contribution in [0.3, 0.4) is 0 Å². The number of nitrogens with two attached hydrogens (primary N) is 1. The Labute approximate surface area is 103 Å². The summed E-state index contributed by atoms with van der Waals surface area (Å²) in [6.07, 6.45) is 3.11. The van der Waals surface area contributed by atoms with Crippen LogP contribution in [0.25, 0.3) is 10.6 Å². The molecule has 1 aromatic carbocycles. The summed E-state index contributed by atoms with van der Waals surface area (Å²) in [5.41, 5.74) is 7.58. The molecular formula is C13H13FN2S. The van der Waals surface area contributed by atoms with E-state index in [1.165, 1.54) is 10.9 Å². The van der Waals surface area contributed by atoms with E-state index in [2.05, 4.69) is 4.98 Å². The molecule has 0 aliphatic heterocycles. The molecule has 0 saturated heterocycles. The zero-order chi connectivity index (χ0) is 11.8. The number of halogens is 1. The van der Waals surface area contributed by atoms with Gasteiger partial charge >= 0.3 is 0 Å². The lowest BCUT2D eigenvalue weighted by Crippen LogP contribution is -2.16. The summed E-state index contributed by atoms with van der Waals surface area (Å²) in [7, 11) is 0. The van der Waals surface area contributed by atoms with Gasteiger partial charge in [0.1, 0.15) is 10.8 Å². The smallest absolute Gasteiger partial charge is 0.133 e. The van der Waals surface area contributed by atoms with Crippen LogP contribution >= 0.6 is 11.3 Å². The number of hydrogen-bond acceptors (Lipinski definition) is 3. The second-order valence-corrected chi connectivity index (χ2v) is 5.39. The Balaban J connectivity index is 2.08. The number of thiazole rings is 1. The summed E-state index contributed by atoms with van der Waals surface area (Å²) in [6.45, 7) is 0. The average molecular weight is 248 g/mol. The van der Waals surface area contributed by atoms with Crippen molar-refractivity contribution in [1.82, 2.24) is 4.98 Å². The van der Waals surface area contributed by atoms with Gasteiger partial charge in [-0.05, 0) is 31.4 Å². The highest BCUT2D eigenvalue weighted by Crippen LogP contribution is 2.36. The highest BCUT2D eigenvalue weighted by molar-refractivity contribution is 7.15. The largest absolute Gasteiger partial charge is 0.323 e. The lowest BCUT2D eigenvalue weighted by atomic mass is 9.99. The second-order valence-electron chi connectivity index (χ2n) is 4.31. The molecule has 0 bridgehead atoms. The molecule has 4 heteroatoms. The Morgan fingerprint density at radius 3 is 2.94 bits per heavy atom. The fraction of sp³-hybridized carbons (Fsp3) is 0.308. The van der Waals surface area contributed by atoms with Crippen LogP contribution in [0.15, 0.2) is 24.3 Å². The van der Waals surface area contributed by atoms with E-state index in [4.69, 9.17) is 5.73 Å². The molecule has 1 unspecified atom stereocenters. The lowest BCUT2D eigenvalue weighted by Gasteiger charge is -2.15. The van der Waals surface area contributed by atoms with Crippen LogP contribution in [-0.4, -0.2) is 4.98 Å². The van der Waals surface area contributed by atoms with Gasteiger partial charge in [-0.2, -0.15) is 0 Å². The van der Waals surface area contributed by atoms with Crippen molar-refractivity contribution in [3.63, 3.8) is 0 Å². The standard InChI is InChI=1S/C13H13FN2S/c14-9-5-2-1-4-8(9)13-16-12-10(15)6-3-7-11(12)17-13/h1-2,4-5,10H,3,6-7,15H2. The molecule has 0 amide bonds. The quantitative estimate of drug-likeness (QED) is 0.841. The Morgan fingerprint density at radius 2 is 2.18 bits per heavy atom. The molecule has 3 rings (SSSR count). The molecule has 2 aromatic rings. The predicted octanol–water partition coefficient (Wildman–Crippen LogP) is 3.29. The number of aromatic nitrogens is 1. The molecule has 1 aliphatic carbocycles. The summed E-state index contributed by atoms with van der Waals surface area (Å²) in [5.74, 6) is -0.216. The van der Waals surface area contributed by atoms with Crippen molar-refractivity contribution in [1.29, 1.82) is 0 Å². The van der Waals surface area contributed by atoms with Gasteiger partial charge < -0.3 is 5.73 Å². The van der Waals surface area contributed by atoms with Crippen molar-refractivity contribution in [3.8, 4) is 10.6 Å². The van der Waals surface area contributed by atoms with Gasteiger partial charge in [0.15, 0.2) is 0 Å². The molecule has 0 fully saturated rings. The van der Waals surface area contributed by atoms with Gasteiger partial charge in [0, 0.05) is 16.5 Å². The highest BCUT2D eigenvalue weighted by Gasteiger charge is 2.22. The molecule has 0 spiro atoms. The summed E-state index contributed by atoms with van der Waals surface area (Å²) < 4.78 is 13.7. The minimum Gasteiger partial charge on any atom is -0.323 e. The number of fused-ring (bicyclic) bond motifs is 1. The van der Waals surface area contributed by atoms with E-state index in [0.717, 1.165) is 30.0 Å². The summed E-state index contributed by atoms with van der Waals surface area (Å²) in [5, 5.41) is 0.755. The molecule has 1 aliphatic rings. The first kappa shape index (κ1) is 10.9. The van der Waals surface area contributed by atoms with Gasteiger partial charge in [0.2, 0.25) is 0 Å². The molecule has 1 aromatic heterocycles. The van der Waals surface area contributed by atoms with Gasteiger partial charge in [-0.1, -0.05) is 12.1 Å². The van der Waals surface area contributed by atoms with Crippen molar-refractivity contribution in [3.05, 3.63) is 40.7 Å². The molecule has 0 saturated carbocycles. The van der Waals surface area contributed by atoms with Gasteiger partial charge in [0.25, 0.3) is 0 Å². The maximum Gasteiger partial charge on any atom is 0.133 e. The molecule has 17 heavy (non-hydrogen) atoms. The van der Waals surface area contributed by atoms with E-state index in [9.17, 15) is 4.39 Å². The van der Waals surface area contributed by atoms with Gasteiger partial charge in [0.05, 0.1) is 5.69 Å². The SMILES string of the molecule is NC1CCCc2sc(-c3ccccc3F)nc21. The topological polar surface area (TPSA) is 38.9 Å². The monoisotopic (exact) mass is 248 g/mol. The van der Waals surface area contributed by atoms with E-state index in [-0.39, 0.29) is 11.9 Å². The Hall–Kier alpha value is -1.26. The van der Waals surface area contributed by atoms with Crippen molar-refractivity contribution in [2.24, 2.45) is 5.73 Å². The molecule has 88 valence electrons. The van der Waals surface area contributed by atoms with E-state index in [1.54, 1.807) is 23.5 Å². The van der Waals surface area contributed by atoms with E-state index in [0.29, 0.717) is 5.56 Å². The minimum atomic E-state index is -0.216. The zero-order valence-electron chi connectivity index (χ0n) is 9.32. The first-order valence-electron chi connectivity index (χ1n) is 5.76. The van der Waals surface area contributed by atoms with Crippen molar-refractivity contribution < 1.29 is 4.39 Å². The molecule has 2 nitrogen and oxygen atoms in total. The molecule has 0 radical (unpaired) electrons. The van der Waals surface area contributed by atoms with Crippen LogP contribution in [0, 0.1) is 5.82 Å². The third-order valence-corrected chi connectivity index (χ3v) is 4.27. The summed E-state index contributed by atoms with van der Waals surface area (Å²) in [4.78, 5) is 5.74. The number of aryl methyl sites for hydroxylation is 1. The molecule has 2 N–H and O–H groups in total. The Kier molecular flexibility index (Phi) is 2.68. The molecule has 1 atom stereocenters. The van der Waals surface area contributed by atoms with Crippen molar-refractivity contribution >= 4 is 11.3 Å².